The van der Waals surface area contributed by atoms with Crippen LogP contribution in [0.5, 0.6) is 0 Å². The van der Waals surface area contributed by atoms with Gasteiger partial charge >= 0.3 is 0 Å². The van der Waals surface area contributed by atoms with E-state index in [0.29, 0.717) is 5.69 Å². The van der Waals surface area contributed by atoms with Crippen LogP contribution < -0.4 is 16.0 Å². The molecule has 3 N–H and O–H groups in total. The van der Waals surface area contributed by atoms with Crippen LogP contribution in [0.2, 0.25) is 0 Å². The molecule has 0 atom stereocenters. The summed E-state index contributed by atoms with van der Waals surface area (Å²) in [6.07, 6.45) is 5.09. The highest BCUT2D eigenvalue weighted by Crippen LogP contribution is 2.28. The number of aromatic nitrogens is 2. The minimum Gasteiger partial charge on any atom is -0.393 e. The summed E-state index contributed by atoms with van der Waals surface area (Å²) in [6, 6.07) is 0. The molecule has 2 rings (SSSR count). The van der Waals surface area contributed by atoms with Gasteiger partial charge in [0.1, 0.15) is 12.0 Å². The van der Waals surface area contributed by atoms with Crippen LogP contribution >= 0.6 is 0 Å². The Balaban J connectivity index is 2.18. The van der Waals surface area contributed by atoms with Gasteiger partial charge in [-0.15, -0.1) is 0 Å². The van der Waals surface area contributed by atoms with Crippen LogP contribution in [0.15, 0.2) is 6.33 Å². The van der Waals surface area contributed by atoms with Crippen LogP contribution in [0, 0.1) is 0 Å². The van der Waals surface area contributed by atoms with Gasteiger partial charge in [0.05, 0.1) is 0 Å². The third kappa shape index (κ3) is 2.18. The predicted molar refractivity (Wildman–Crippen MR) is 66.7 cm³/mol. The third-order valence-corrected chi connectivity index (χ3v) is 2.81. The summed E-state index contributed by atoms with van der Waals surface area (Å²) in [7, 11) is 0. The molecule has 0 saturated carbocycles. The number of hydrogen-bond donors (Lipinski definition) is 2. The first-order chi connectivity index (χ1) is 7.83. The van der Waals surface area contributed by atoms with Crippen molar-refractivity contribution in [3.63, 3.8) is 0 Å². The monoisotopic (exact) mass is 221 g/mol. The molecule has 5 nitrogen and oxygen atoms in total. The lowest BCUT2D eigenvalue weighted by molar-refractivity contribution is 0.923. The highest BCUT2D eigenvalue weighted by molar-refractivity contribution is 5.75. The largest absolute Gasteiger partial charge is 0.393 e. The predicted octanol–water partition coefficient (Wildman–Crippen LogP) is 1.48. The van der Waals surface area contributed by atoms with Crippen molar-refractivity contribution in [3.05, 3.63) is 6.33 Å². The molecule has 5 heteroatoms. The molecule has 0 spiro atoms. The van der Waals surface area contributed by atoms with E-state index in [4.69, 9.17) is 5.73 Å². The van der Waals surface area contributed by atoms with E-state index in [9.17, 15) is 0 Å². The summed E-state index contributed by atoms with van der Waals surface area (Å²) in [6.45, 7) is 5.11. The Hall–Kier alpha value is -1.52. The summed E-state index contributed by atoms with van der Waals surface area (Å²) in [5, 5.41) is 3.22. The standard InChI is InChI=1S/C11H19N5/c1-2-5-13-10-9(12)11(15-8-14-10)16-6-3-4-7-16/h8H,2-7,12H2,1H3,(H,13,14,15). The number of anilines is 3. The summed E-state index contributed by atoms with van der Waals surface area (Å²) >= 11 is 0. The average molecular weight is 221 g/mol. The fourth-order valence-corrected chi connectivity index (χ4v) is 1.95. The molecule has 1 aliphatic heterocycles. The molecular formula is C11H19N5. The lowest BCUT2D eigenvalue weighted by Gasteiger charge is -2.19. The lowest BCUT2D eigenvalue weighted by Crippen LogP contribution is -2.21. The van der Waals surface area contributed by atoms with Crippen LogP contribution in [0.25, 0.3) is 0 Å². The number of nitrogens with one attached hydrogen (secondary N) is 1. The van der Waals surface area contributed by atoms with Gasteiger partial charge in [0.25, 0.3) is 0 Å². The van der Waals surface area contributed by atoms with Crippen LogP contribution in [-0.2, 0) is 0 Å². The first-order valence-corrected chi connectivity index (χ1v) is 5.92. The summed E-state index contributed by atoms with van der Waals surface area (Å²) < 4.78 is 0. The summed E-state index contributed by atoms with van der Waals surface area (Å²) in [4.78, 5) is 10.7. The van der Waals surface area contributed by atoms with Gasteiger partial charge in [-0.25, -0.2) is 9.97 Å². The van der Waals surface area contributed by atoms with E-state index in [0.717, 1.165) is 37.7 Å². The van der Waals surface area contributed by atoms with Gasteiger partial charge in [0.2, 0.25) is 0 Å². The smallest absolute Gasteiger partial charge is 0.157 e. The van der Waals surface area contributed by atoms with Crippen molar-refractivity contribution in [2.45, 2.75) is 26.2 Å². The second-order valence-corrected chi connectivity index (χ2v) is 4.08. The molecule has 2 heterocycles. The Morgan fingerprint density at radius 3 is 2.81 bits per heavy atom. The minimum atomic E-state index is 0.679. The van der Waals surface area contributed by atoms with Crippen molar-refractivity contribution in [2.75, 3.05) is 35.6 Å². The molecular weight excluding hydrogens is 202 g/mol. The molecule has 1 aromatic heterocycles. The van der Waals surface area contributed by atoms with Crippen molar-refractivity contribution >= 4 is 17.3 Å². The number of hydrogen-bond acceptors (Lipinski definition) is 5. The maximum atomic E-state index is 6.07. The van der Waals surface area contributed by atoms with Crippen molar-refractivity contribution < 1.29 is 0 Å². The second-order valence-electron chi connectivity index (χ2n) is 4.08. The van der Waals surface area contributed by atoms with Gasteiger partial charge in [-0.1, -0.05) is 6.92 Å². The molecule has 1 aliphatic rings. The van der Waals surface area contributed by atoms with Crippen molar-refractivity contribution in [2.24, 2.45) is 0 Å². The first-order valence-electron chi connectivity index (χ1n) is 5.92. The quantitative estimate of drug-likeness (QED) is 0.806. The Bertz CT molecular complexity index is 346. The highest BCUT2D eigenvalue weighted by Gasteiger charge is 2.18. The molecule has 16 heavy (non-hydrogen) atoms. The molecule has 0 bridgehead atoms. The zero-order valence-corrected chi connectivity index (χ0v) is 9.74. The fraction of sp³-hybridized carbons (Fsp3) is 0.636. The van der Waals surface area contributed by atoms with Crippen LogP contribution in [-0.4, -0.2) is 29.6 Å². The molecule has 1 aromatic rings. The zero-order valence-electron chi connectivity index (χ0n) is 9.74. The van der Waals surface area contributed by atoms with E-state index in [2.05, 4.69) is 27.1 Å². The molecule has 0 amide bonds. The topological polar surface area (TPSA) is 67.1 Å². The van der Waals surface area contributed by atoms with Gasteiger partial charge in [0.15, 0.2) is 11.6 Å². The van der Waals surface area contributed by atoms with E-state index in [1.165, 1.54) is 12.8 Å². The first kappa shape index (κ1) is 11.0. The number of rotatable bonds is 4. The van der Waals surface area contributed by atoms with Crippen LogP contribution in [0.1, 0.15) is 26.2 Å². The normalized spacial score (nSPS) is 15.4. The molecule has 1 fully saturated rings. The number of nitrogens with zero attached hydrogens (tertiary/aromatic N) is 3. The molecule has 0 aliphatic carbocycles. The van der Waals surface area contributed by atoms with E-state index in [1.54, 1.807) is 6.33 Å². The van der Waals surface area contributed by atoms with Gasteiger partial charge in [-0.3, -0.25) is 0 Å². The summed E-state index contributed by atoms with van der Waals surface area (Å²) in [5.74, 6) is 1.64. The Morgan fingerprint density at radius 1 is 1.38 bits per heavy atom. The molecule has 0 unspecified atom stereocenters. The van der Waals surface area contributed by atoms with E-state index < -0.39 is 0 Å². The maximum Gasteiger partial charge on any atom is 0.157 e. The lowest BCUT2D eigenvalue weighted by atomic mass is 10.4. The van der Waals surface area contributed by atoms with Crippen molar-refractivity contribution in [1.29, 1.82) is 0 Å². The fourth-order valence-electron chi connectivity index (χ4n) is 1.95. The number of nitrogen functional groups attached to an aromatic ring is 1. The van der Waals surface area contributed by atoms with Crippen molar-refractivity contribution in [1.82, 2.24) is 9.97 Å². The third-order valence-electron chi connectivity index (χ3n) is 2.81. The summed E-state index contributed by atoms with van der Waals surface area (Å²) in [5.41, 5.74) is 6.75. The van der Waals surface area contributed by atoms with Crippen molar-refractivity contribution in [3.8, 4) is 0 Å². The number of nitrogens with two attached hydrogens (primary N) is 1. The van der Waals surface area contributed by atoms with E-state index in [1.807, 2.05) is 0 Å². The van der Waals surface area contributed by atoms with Gasteiger partial charge in [-0.2, -0.15) is 0 Å². The molecule has 0 radical (unpaired) electrons. The van der Waals surface area contributed by atoms with E-state index >= 15 is 0 Å². The Kier molecular flexibility index (Phi) is 3.44. The zero-order chi connectivity index (χ0) is 11.4. The van der Waals surface area contributed by atoms with Gasteiger partial charge < -0.3 is 16.0 Å². The van der Waals surface area contributed by atoms with Gasteiger partial charge in [0, 0.05) is 19.6 Å². The Morgan fingerprint density at radius 2 is 2.12 bits per heavy atom. The minimum absolute atomic E-state index is 0.679. The second kappa shape index (κ2) is 5.01. The van der Waals surface area contributed by atoms with Crippen LogP contribution in [0.3, 0.4) is 0 Å². The van der Waals surface area contributed by atoms with Crippen LogP contribution in [0.4, 0.5) is 17.3 Å². The SMILES string of the molecule is CCCNc1ncnc(N2CCCC2)c1N. The molecule has 0 aromatic carbocycles. The molecule has 88 valence electrons. The highest BCUT2D eigenvalue weighted by atomic mass is 15.2. The van der Waals surface area contributed by atoms with Gasteiger partial charge in [-0.05, 0) is 19.3 Å². The molecule has 1 saturated heterocycles. The Labute approximate surface area is 96.1 Å². The van der Waals surface area contributed by atoms with E-state index in [-0.39, 0.29) is 0 Å². The average Bonchev–Trinajstić information content (AvgIpc) is 2.81. The maximum absolute atomic E-state index is 6.07.